The van der Waals surface area contributed by atoms with Gasteiger partial charge in [0, 0.05) is 5.92 Å². The lowest BCUT2D eigenvalue weighted by molar-refractivity contribution is 0.318. The highest BCUT2D eigenvalue weighted by molar-refractivity contribution is 8.09. The van der Waals surface area contributed by atoms with E-state index in [9.17, 15) is 21.6 Å². The third-order valence-electron chi connectivity index (χ3n) is 5.91. The van der Waals surface area contributed by atoms with Crippen molar-refractivity contribution in [2.45, 2.75) is 51.9 Å². The summed E-state index contributed by atoms with van der Waals surface area (Å²) in [6.45, 7) is 4.05. The maximum absolute atomic E-state index is 13.1. The van der Waals surface area contributed by atoms with Gasteiger partial charge in [-0.2, -0.15) is 3.71 Å². The van der Waals surface area contributed by atoms with Crippen molar-refractivity contribution in [3.63, 3.8) is 0 Å². The van der Waals surface area contributed by atoms with Crippen molar-refractivity contribution in [1.82, 2.24) is 19.6 Å². The summed E-state index contributed by atoms with van der Waals surface area (Å²) in [5.41, 5.74) is 0.657. The molecule has 0 unspecified atom stereocenters. The molecule has 2 aromatic heterocycles. The Labute approximate surface area is 204 Å². The zero-order valence-electron chi connectivity index (χ0n) is 20.1. The smallest absolute Gasteiger partial charge is 0.277 e. The largest absolute Gasteiger partial charge is 0.493 e. The minimum Gasteiger partial charge on any atom is -0.493 e. The van der Waals surface area contributed by atoms with E-state index in [-0.39, 0.29) is 23.0 Å². The first-order chi connectivity index (χ1) is 16.4. The van der Waals surface area contributed by atoms with Crippen LogP contribution in [0.25, 0.3) is 16.9 Å². The quantitative estimate of drug-likeness (QED) is 0.474. The Hall–Kier alpha value is -2.93. The van der Waals surface area contributed by atoms with Crippen LogP contribution in [0.1, 0.15) is 56.5 Å². The molecular weight excluding hydrogens is 494 g/mol. The Morgan fingerprint density at radius 2 is 1.80 bits per heavy atom. The van der Waals surface area contributed by atoms with Crippen molar-refractivity contribution in [2.75, 3.05) is 22.8 Å². The lowest BCUT2D eigenvalue weighted by Crippen LogP contribution is -2.35. The van der Waals surface area contributed by atoms with Crippen LogP contribution in [0, 0.1) is 6.92 Å². The molecule has 1 aliphatic rings. The van der Waals surface area contributed by atoms with E-state index in [0.717, 1.165) is 38.2 Å². The standard InChI is InChI=1S/C22H29N5O6S2/c1-5-12-33-18-11-10-16(27(34(3,29)30)35(4,31)32)13-17(18)20-24-22(28)19-14(2)23-21(26(19)25-20)15-8-6-7-9-15/h10-11,13,15H,5-9,12H2,1-4H3,(H,24,25,28). The molecule has 1 aromatic carbocycles. The fourth-order valence-electron chi connectivity index (χ4n) is 4.55. The van der Waals surface area contributed by atoms with Gasteiger partial charge in [-0.05, 0) is 44.4 Å². The Morgan fingerprint density at radius 1 is 1.14 bits per heavy atom. The first-order valence-corrected chi connectivity index (χ1v) is 15.1. The highest BCUT2D eigenvalue weighted by atomic mass is 32.3. The molecule has 1 saturated carbocycles. The molecule has 0 amide bonds. The number of benzene rings is 1. The van der Waals surface area contributed by atoms with Crippen LogP contribution in [0.3, 0.4) is 0 Å². The summed E-state index contributed by atoms with van der Waals surface area (Å²) in [4.78, 5) is 20.5. The first-order valence-electron chi connectivity index (χ1n) is 11.4. The van der Waals surface area contributed by atoms with Crippen LogP contribution in [0.4, 0.5) is 5.69 Å². The van der Waals surface area contributed by atoms with Crippen molar-refractivity contribution in [3.05, 3.63) is 40.1 Å². The fraction of sp³-hybridized carbons (Fsp3) is 0.500. The summed E-state index contributed by atoms with van der Waals surface area (Å²) < 4.78 is 57.1. The molecule has 0 spiro atoms. The van der Waals surface area contributed by atoms with E-state index in [1.165, 1.54) is 18.2 Å². The van der Waals surface area contributed by atoms with Gasteiger partial charge >= 0.3 is 0 Å². The van der Waals surface area contributed by atoms with Crippen molar-refractivity contribution in [3.8, 4) is 17.1 Å². The minimum absolute atomic E-state index is 0.116. The van der Waals surface area contributed by atoms with E-state index in [2.05, 4.69) is 15.1 Å². The van der Waals surface area contributed by atoms with Crippen LogP contribution in [0.2, 0.25) is 0 Å². The molecule has 13 heteroatoms. The number of rotatable bonds is 8. The van der Waals surface area contributed by atoms with Gasteiger partial charge in [0.25, 0.3) is 5.56 Å². The second-order valence-corrected chi connectivity index (χ2v) is 12.7. The summed E-state index contributed by atoms with van der Waals surface area (Å²) in [7, 11) is -8.33. The lowest BCUT2D eigenvalue weighted by Gasteiger charge is -2.21. The van der Waals surface area contributed by atoms with Gasteiger partial charge in [-0.25, -0.2) is 26.3 Å². The van der Waals surface area contributed by atoms with Gasteiger partial charge in [0.05, 0.1) is 36.1 Å². The van der Waals surface area contributed by atoms with E-state index >= 15 is 0 Å². The van der Waals surface area contributed by atoms with Gasteiger partial charge in [-0.3, -0.25) is 4.79 Å². The highest BCUT2D eigenvalue weighted by Crippen LogP contribution is 2.36. The Balaban J connectivity index is 1.96. The third kappa shape index (κ3) is 4.92. The third-order valence-corrected chi connectivity index (χ3v) is 9.17. The average Bonchev–Trinajstić information content (AvgIpc) is 3.38. The van der Waals surface area contributed by atoms with E-state index in [1.54, 1.807) is 11.4 Å². The number of nitrogens with zero attached hydrogens (tertiary/aromatic N) is 4. The number of aromatic amines is 1. The first kappa shape index (κ1) is 25.2. The number of fused-ring (bicyclic) bond motifs is 1. The molecule has 3 aromatic rings. The van der Waals surface area contributed by atoms with Crippen LogP contribution >= 0.6 is 0 Å². The molecule has 190 valence electrons. The van der Waals surface area contributed by atoms with E-state index in [0.29, 0.717) is 39.5 Å². The molecule has 11 nitrogen and oxygen atoms in total. The summed E-state index contributed by atoms with van der Waals surface area (Å²) in [5, 5.41) is 4.67. The monoisotopic (exact) mass is 523 g/mol. The number of hydrogen-bond donors (Lipinski definition) is 1. The molecule has 1 fully saturated rings. The number of sulfonamides is 2. The van der Waals surface area contributed by atoms with Gasteiger partial charge in [0.2, 0.25) is 20.0 Å². The molecule has 0 atom stereocenters. The van der Waals surface area contributed by atoms with Crippen molar-refractivity contribution in [2.24, 2.45) is 0 Å². The normalized spacial score (nSPS) is 15.1. The average molecular weight is 524 g/mol. The van der Waals surface area contributed by atoms with E-state index < -0.39 is 25.6 Å². The Bertz CT molecular complexity index is 1500. The number of aryl methyl sites for hydroxylation is 1. The zero-order chi connectivity index (χ0) is 25.5. The van der Waals surface area contributed by atoms with E-state index in [1.807, 2.05) is 6.92 Å². The molecule has 2 heterocycles. The van der Waals surface area contributed by atoms with Crippen LogP contribution < -0.4 is 14.0 Å². The number of nitrogens with one attached hydrogen (secondary N) is 1. The molecule has 1 N–H and O–H groups in total. The number of anilines is 1. The van der Waals surface area contributed by atoms with Crippen molar-refractivity contribution >= 4 is 31.3 Å². The van der Waals surface area contributed by atoms with Crippen LogP contribution in [-0.4, -0.2) is 55.5 Å². The van der Waals surface area contributed by atoms with Crippen LogP contribution in [0.5, 0.6) is 5.75 Å². The predicted molar refractivity (Wildman–Crippen MR) is 133 cm³/mol. The molecule has 4 rings (SSSR count). The van der Waals surface area contributed by atoms with Gasteiger partial charge in [0.15, 0.2) is 11.3 Å². The molecular formula is C22H29N5O6S2. The Kier molecular flexibility index (Phi) is 6.66. The molecule has 1 aliphatic carbocycles. The lowest BCUT2D eigenvalue weighted by atomic mass is 10.1. The van der Waals surface area contributed by atoms with Gasteiger partial charge in [-0.15, -0.1) is 5.10 Å². The van der Waals surface area contributed by atoms with Crippen LogP contribution in [0.15, 0.2) is 23.0 Å². The van der Waals surface area contributed by atoms with Crippen LogP contribution in [-0.2, 0) is 20.0 Å². The topological polar surface area (TPSA) is 144 Å². The SMILES string of the molecule is CCCOc1ccc(N(S(C)(=O)=O)S(C)(=O)=O)cc1-c1nn2c(C3CCCC3)nc(C)c2c(=O)[nH]1. The maximum Gasteiger partial charge on any atom is 0.277 e. The fourth-order valence-corrected chi connectivity index (χ4v) is 7.51. The molecule has 0 saturated heterocycles. The number of H-pyrrole nitrogens is 1. The number of aromatic nitrogens is 4. The molecule has 35 heavy (non-hydrogen) atoms. The van der Waals surface area contributed by atoms with Gasteiger partial charge in [-0.1, -0.05) is 19.8 Å². The van der Waals surface area contributed by atoms with Gasteiger partial charge in [0.1, 0.15) is 11.6 Å². The van der Waals surface area contributed by atoms with Crippen molar-refractivity contribution in [1.29, 1.82) is 0 Å². The Morgan fingerprint density at radius 3 is 2.40 bits per heavy atom. The zero-order valence-corrected chi connectivity index (χ0v) is 21.7. The second kappa shape index (κ2) is 9.26. The minimum atomic E-state index is -4.16. The molecule has 0 bridgehead atoms. The van der Waals surface area contributed by atoms with Gasteiger partial charge < -0.3 is 9.72 Å². The highest BCUT2D eigenvalue weighted by Gasteiger charge is 2.29. The maximum atomic E-state index is 13.1. The van der Waals surface area contributed by atoms with Crippen molar-refractivity contribution < 1.29 is 21.6 Å². The summed E-state index contributed by atoms with van der Waals surface area (Å²) in [6.07, 6.45) is 6.40. The molecule has 0 aliphatic heterocycles. The summed E-state index contributed by atoms with van der Waals surface area (Å²) in [6, 6.07) is 4.17. The summed E-state index contributed by atoms with van der Waals surface area (Å²) in [5.74, 6) is 1.35. The molecule has 0 radical (unpaired) electrons. The number of ether oxygens (including phenoxy) is 1. The predicted octanol–water partition coefficient (Wildman–Crippen LogP) is 2.57. The number of imidazole rings is 1. The van der Waals surface area contributed by atoms with E-state index in [4.69, 9.17) is 4.74 Å². The second-order valence-electron chi connectivity index (χ2n) is 8.85. The summed E-state index contributed by atoms with van der Waals surface area (Å²) >= 11 is 0. The number of hydrogen-bond acceptors (Lipinski definition) is 8.